The summed E-state index contributed by atoms with van der Waals surface area (Å²) in [6.07, 6.45) is -2.33. The number of halogens is 3. The quantitative estimate of drug-likeness (QED) is 0.290. The predicted molar refractivity (Wildman–Crippen MR) is 129 cm³/mol. The van der Waals surface area contributed by atoms with Gasteiger partial charge < -0.3 is 14.4 Å². The summed E-state index contributed by atoms with van der Waals surface area (Å²) in [5.41, 5.74) is 4.15. The standard InChI is InChI=1S/C28H26F3NO3/c1-18(15-26(33)34)21-7-11-25(12-8-21)35-17-23-6-5-22-13-14-32(27(22)19(23)2)16-20-3-9-24(10-4-20)28(29,30)31/h3-14,18H,15-17H2,1-2H3,(H,33,34). The number of alkyl halides is 3. The van der Waals surface area contributed by atoms with Crippen LogP contribution < -0.4 is 4.74 Å². The number of carboxylic acid groups (broad SMARTS) is 1. The zero-order valence-electron chi connectivity index (χ0n) is 19.5. The Kier molecular flexibility index (Phi) is 6.87. The lowest BCUT2D eigenvalue weighted by Crippen LogP contribution is -2.06. The number of aliphatic carboxylic acids is 1. The molecule has 0 bridgehead atoms. The molecular formula is C28H26F3NO3. The summed E-state index contributed by atoms with van der Waals surface area (Å²) >= 11 is 0. The molecule has 0 spiro atoms. The number of aryl methyl sites for hydroxylation is 1. The van der Waals surface area contributed by atoms with Crippen LogP contribution in [0.1, 0.15) is 47.1 Å². The van der Waals surface area contributed by atoms with Crippen molar-refractivity contribution >= 4 is 16.9 Å². The molecule has 1 aromatic heterocycles. The van der Waals surface area contributed by atoms with Crippen molar-refractivity contribution in [1.82, 2.24) is 4.57 Å². The van der Waals surface area contributed by atoms with E-state index in [0.29, 0.717) is 18.9 Å². The van der Waals surface area contributed by atoms with Gasteiger partial charge in [-0.25, -0.2) is 0 Å². The van der Waals surface area contributed by atoms with Crippen LogP contribution in [0.2, 0.25) is 0 Å². The van der Waals surface area contributed by atoms with Gasteiger partial charge in [0.05, 0.1) is 17.5 Å². The van der Waals surface area contributed by atoms with E-state index in [1.807, 2.05) is 67.1 Å². The van der Waals surface area contributed by atoms with Gasteiger partial charge in [0.2, 0.25) is 0 Å². The Balaban J connectivity index is 1.49. The Morgan fingerprint density at radius 2 is 1.69 bits per heavy atom. The van der Waals surface area contributed by atoms with Crippen LogP contribution in [0.15, 0.2) is 72.9 Å². The summed E-state index contributed by atoms with van der Waals surface area (Å²) in [4.78, 5) is 10.9. The van der Waals surface area contributed by atoms with Crippen LogP contribution in [0.3, 0.4) is 0 Å². The van der Waals surface area contributed by atoms with E-state index in [2.05, 4.69) is 0 Å². The second-order valence-electron chi connectivity index (χ2n) is 8.78. The Morgan fingerprint density at radius 1 is 1.00 bits per heavy atom. The first-order chi connectivity index (χ1) is 16.6. The van der Waals surface area contributed by atoms with E-state index < -0.39 is 17.7 Å². The van der Waals surface area contributed by atoms with Crippen molar-refractivity contribution in [2.75, 3.05) is 0 Å². The molecule has 1 N–H and O–H groups in total. The van der Waals surface area contributed by atoms with Crippen molar-refractivity contribution in [2.24, 2.45) is 0 Å². The highest BCUT2D eigenvalue weighted by molar-refractivity contribution is 5.84. The fourth-order valence-electron chi connectivity index (χ4n) is 4.24. The van der Waals surface area contributed by atoms with Gasteiger partial charge in [-0.3, -0.25) is 4.79 Å². The van der Waals surface area contributed by atoms with Crippen molar-refractivity contribution in [3.8, 4) is 5.75 Å². The third-order valence-electron chi connectivity index (χ3n) is 6.25. The number of ether oxygens (including phenoxy) is 1. The van der Waals surface area contributed by atoms with Gasteiger partial charge in [-0.15, -0.1) is 0 Å². The van der Waals surface area contributed by atoms with E-state index in [0.717, 1.165) is 45.3 Å². The Labute approximate surface area is 201 Å². The molecule has 0 amide bonds. The molecule has 1 heterocycles. The minimum absolute atomic E-state index is 0.0749. The smallest absolute Gasteiger partial charge is 0.416 e. The fourth-order valence-corrected chi connectivity index (χ4v) is 4.24. The normalized spacial score (nSPS) is 12.6. The third kappa shape index (κ3) is 5.67. The zero-order chi connectivity index (χ0) is 25.2. The number of aromatic nitrogens is 1. The number of benzene rings is 3. The van der Waals surface area contributed by atoms with Gasteiger partial charge in [0, 0.05) is 12.7 Å². The van der Waals surface area contributed by atoms with Gasteiger partial charge in [-0.1, -0.05) is 43.3 Å². The highest BCUT2D eigenvalue weighted by Gasteiger charge is 2.29. The van der Waals surface area contributed by atoms with Crippen LogP contribution >= 0.6 is 0 Å². The van der Waals surface area contributed by atoms with Crippen LogP contribution in [-0.4, -0.2) is 15.6 Å². The highest BCUT2D eigenvalue weighted by Crippen LogP contribution is 2.30. The molecule has 0 aliphatic rings. The molecule has 1 atom stereocenters. The van der Waals surface area contributed by atoms with Crippen LogP contribution in [0.4, 0.5) is 13.2 Å². The second kappa shape index (κ2) is 9.86. The van der Waals surface area contributed by atoms with E-state index in [4.69, 9.17) is 9.84 Å². The van der Waals surface area contributed by atoms with Crippen LogP contribution in [0.25, 0.3) is 10.9 Å². The van der Waals surface area contributed by atoms with Gasteiger partial charge in [0.15, 0.2) is 0 Å². The van der Waals surface area contributed by atoms with Gasteiger partial charge >= 0.3 is 12.1 Å². The van der Waals surface area contributed by atoms with Crippen LogP contribution in [0.5, 0.6) is 5.75 Å². The third-order valence-corrected chi connectivity index (χ3v) is 6.25. The number of rotatable bonds is 8. The Bertz CT molecular complexity index is 1320. The van der Waals surface area contributed by atoms with Crippen molar-refractivity contribution < 1.29 is 27.8 Å². The molecule has 182 valence electrons. The molecule has 7 heteroatoms. The summed E-state index contributed by atoms with van der Waals surface area (Å²) in [5, 5.41) is 10.0. The largest absolute Gasteiger partial charge is 0.489 e. The SMILES string of the molecule is Cc1c(COc2ccc(C(C)CC(=O)O)cc2)ccc2ccn(Cc3ccc(C(F)(F)F)cc3)c12. The molecule has 0 aliphatic carbocycles. The van der Waals surface area contributed by atoms with Crippen molar-refractivity contribution in [2.45, 2.75) is 45.5 Å². The number of carbonyl (C=O) groups is 1. The van der Waals surface area contributed by atoms with Gasteiger partial charge in [0.1, 0.15) is 12.4 Å². The molecule has 0 saturated carbocycles. The van der Waals surface area contributed by atoms with Crippen LogP contribution in [-0.2, 0) is 24.1 Å². The van der Waals surface area contributed by atoms with Gasteiger partial charge in [0.25, 0.3) is 0 Å². The minimum Gasteiger partial charge on any atom is -0.489 e. The maximum Gasteiger partial charge on any atom is 0.416 e. The summed E-state index contributed by atoms with van der Waals surface area (Å²) in [6, 6.07) is 18.7. The number of carboxylic acids is 1. The Morgan fingerprint density at radius 3 is 2.31 bits per heavy atom. The number of hydrogen-bond donors (Lipinski definition) is 1. The van der Waals surface area contributed by atoms with Gasteiger partial charge in [-0.2, -0.15) is 13.2 Å². The Hall–Kier alpha value is -3.74. The van der Waals surface area contributed by atoms with Gasteiger partial charge in [-0.05, 0) is 70.8 Å². The molecular weight excluding hydrogens is 455 g/mol. The molecule has 0 aliphatic heterocycles. The lowest BCUT2D eigenvalue weighted by atomic mass is 9.98. The van der Waals surface area contributed by atoms with E-state index in [-0.39, 0.29) is 12.3 Å². The average Bonchev–Trinajstić information content (AvgIpc) is 3.21. The molecule has 4 rings (SSSR count). The highest BCUT2D eigenvalue weighted by atomic mass is 19.4. The first kappa shape index (κ1) is 24.4. The zero-order valence-corrected chi connectivity index (χ0v) is 19.5. The monoisotopic (exact) mass is 481 g/mol. The number of hydrogen-bond acceptors (Lipinski definition) is 2. The lowest BCUT2D eigenvalue weighted by molar-refractivity contribution is -0.138. The van der Waals surface area contributed by atoms with E-state index in [9.17, 15) is 18.0 Å². The fraction of sp³-hybridized carbons (Fsp3) is 0.250. The van der Waals surface area contributed by atoms with Crippen molar-refractivity contribution in [3.05, 3.63) is 101 Å². The summed E-state index contributed by atoms with van der Waals surface area (Å²) in [7, 11) is 0. The molecule has 4 aromatic rings. The maximum absolute atomic E-state index is 12.9. The lowest BCUT2D eigenvalue weighted by Gasteiger charge is -2.14. The molecule has 0 fully saturated rings. The predicted octanol–water partition coefficient (Wildman–Crippen LogP) is 7.17. The van der Waals surface area contributed by atoms with E-state index >= 15 is 0 Å². The first-order valence-corrected chi connectivity index (χ1v) is 11.3. The molecule has 4 nitrogen and oxygen atoms in total. The molecule has 1 unspecified atom stereocenters. The molecule has 0 radical (unpaired) electrons. The van der Waals surface area contributed by atoms with E-state index in [1.54, 1.807) is 0 Å². The number of fused-ring (bicyclic) bond motifs is 1. The summed E-state index contributed by atoms with van der Waals surface area (Å²) in [5.74, 6) is -0.216. The summed E-state index contributed by atoms with van der Waals surface area (Å²) < 4.78 is 46.6. The topological polar surface area (TPSA) is 51.5 Å². The van der Waals surface area contributed by atoms with Crippen molar-refractivity contribution in [3.63, 3.8) is 0 Å². The molecule has 35 heavy (non-hydrogen) atoms. The first-order valence-electron chi connectivity index (χ1n) is 11.3. The van der Waals surface area contributed by atoms with Crippen LogP contribution in [0, 0.1) is 6.92 Å². The second-order valence-corrected chi connectivity index (χ2v) is 8.78. The van der Waals surface area contributed by atoms with E-state index in [1.165, 1.54) is 12.1 Å². The molecule has 3 aromatic carbocycles. The summed E-state index contributed by atoms with van der Waals surface area (Å²) in [6.45, 7) is 4.71. The average molecular weight is 482 g/mol. The van der Waals surface area contributed by atoms with Crippen molar-refractivity contribution in [1.29, 1.82) is 0 Å². The maximum atomic E-state index is 12.9. The number of nitrogens with zero attached hydrogens (tertiary/aromatic N) is 1. The minimum atomic E-state index is -4.35. The molecule has 0 saturated heterocycles.